The molecule has 2 fully saturated rings. The van der Waals surface area contributed by atoms with Crippen LogP contribution in [0.5, 0.6) is 0 Å². The van der Waals surface area contributed by atoms with Gasteiger partial charge < -0.3 is 45.1 Å². The first-order chi connectivity index (χ1) is 33.5. The van der Waals surface area contributed by atoms with Gasteiger partial charge in [-0.3, -0.25) is 49.2 Å². The second-order valence-corrected chi connectivity index (χ2v) is 17.4. The summed E-state index contributed by atoms with van der Waals surface area (Å²) in [4.78, 5) is 98.3. The molecule has 7 amide bonds. The number of aliphatic imine (C=N–C) groups is 1. The van der Waals surface area contributed by atoms with E-state index in [2.05, 4.69) is 20.9 Å². The van der Waals surface area contributed by atoms with E-state index in [4.69, 9.17) is 53.3 Å². The van der Waals surface area contributed by atoms with Crippen LogP contribution in [0.1, 0.15) is 76.0 Å². The van der Waals surface area contributed by atoms with Crippen molar-refractivity contribution in [2.75, 3.05) is 69.9 Å². The molecule has 1 unspecified atom stereocenters. The standard InChI is InChI=1S/C47H50Cl2FN9O11/c1-25-23-57(45(64)27-6-8-28(9-7-27)54-42(62)32(51)22-35-41(52)56-44(70-35)39-30(48)10-11-31(50)40(39)49)24-26(2)58(25)37(61)14-16-67-18-20-69-21-19-68-17-15-53-33-5-3-4-29-38(33)47(66)59(46(29)65)34-12-13-36(60)55-43(34)63/h3-11,22,25-26,34,44,51,53H,12-21,23-24H2,1-2H3,(H2,52,56)(H,54,62)(H,55,60,63)/b35-22+,51-32?/t25-,26+,34?,44-/m0/s1. The molecular weight excluding hydrogens is 956 g/mol. The molecule has 7 rings (SSSR count). The maximum Gasteiger partial charge on any atom is 0.273 e. The number of carbonyl (C=O) groups is 7. The molecule has 0 saturated carbocycles. The SMILES string of the molecule is C[C@@H]1CN(C(=O)c2ccc(NC(=O)C(=N)/C=C3/O[C@@H](c4c(Cl)ccc(F)c4Cl)N=C3N)cc2)C[C@H](C)N1C(=O)CCOCCOCCOCCNc1cccc2c1C(=O)N(C1CCC(=O)NC1=O)C2=O. The average Bonchev–Trinajstić information content (AvgIpc) is 3.81. The Morgan fingerprint density at radius 2 is 1.60 bits per heavy atom. The average molecular weight is 1010 g/mol. The summed E-state index contributed by atoms with van der Waals surface area (Å²) in [7, 11) is 0. The van der Waals surface area contributed by atoms with Gasteiger partial charge >= 0.3 is 0 Å². The number of fused-ring (bicyclic) bond motifs is 1. The highest BCUT2D eigenvalue weighted by Crippen LogP contribution is 2.39. The van der Waals surface area contributed by atoms with Gasteiger partial charge in [-0.2, -0.15) is 0 Å². The van der Waals surface area contributed by atoms with Crippen LogP contribution in [0.4, 0.5) is 15.8 Å². The molecule has 23 heteroatoms. The van der Waals surface area contributed by atoms with E-state index in [1.165, 1.54) is 24.3 Å². The van der Waals surface area contributed by atoms with Crippen molar-refractivity contribution in [3.05, 3.63) is 105 Å². The highest BCUT2D eigenvalue weighted by Gasteiger charge is 2.45. The number of piperidine rings is 1. The molecule has 3 aromatic carbocycles. The van der Waals surface area contributed by atoms with Crippen LogP contribution in [-0.4, -0.2) is 145 Å². The van der Waals surface area contributed by atoms with Crippen LogP contribution in [0.15, 0.2) is 71.4 Å². The Labute approximate surface area is 411 Å². The van der Waals surface area contributed by atoms with E-state index >= 15 is 0 Å². The van der Waals surface area contributed by atoms with Crippen LogP contribution < -0.4 is 21.7 Å². The summed E-state index contributed by atoms with van der Waals surface area (Å²) in [5.74, 6) is -4.44. The minimum Gasteiger partial charge on any atom is -0.460 e. The molecule has 0 bridgehead atoms. The van der Waals surface area contributed by atoms with Gasteiger partial charge in [-0.25, -0.2) is 9.38 Å². The number of ether oxygens (including phenoxy) is 4. The summed E-state index contributed by atoms with van der Waals surface area (Å²) in [6.45, 7) is 6.26. The van der Waals surface area contributed by atoms with Crippen molar-refractivity contribution in [1.29, 1.82) is 5.41 Å². The summed E-state index contributed by atoms with van der Waals surface area (Å²) in [5.41, 5.74) is 6.93. The topological polar surface area (TPSA) is 264 Å². The Hall–Kier alpha value is -6.78. The molecule has 370 valence electrons. The van der Waals surface area contributed by atoms with E-state index in [0.717, 1.165) is 17.0 Å². The number of hydrogen-bond acceptors (Lipinski definition) is 15. The van der Waals surface area contributed by atoms with Gasteiger partial charge in [0.25, 0.3) is 23.6 Å². The van der Waals surface area contributed by atoms with Crippen molar-refractivity contribution < 1.29 is 56.9 Å². The number of imide groups is 2. The molecule has 4 aliphatic heterocycles. The summed E-state index contributed by atoms with van der Waals surface area (Å²) in [6, 6.07) is 11.8. The van der Waals surface area contributed by atoms with Gasteiger partial charge in [0, 0.05) is 61.2 Å². The molecule has 0 radical (unpaired) electrons. The van der Waals surface area contributed by atoms with Crippen LogP contribution in [0, 0.1) is 11.2 Å². The Balaban J connectivity index is 0.753. The summed E-state index contributed by atoms with van der Waals surface area (Å²) < 4.78 is 36.5. The lowest BCUT2D eigenvalue weighted by Gasteiger charge is -2.44. The van der Waals surface area contributed by atoms with Gasteiger partial charge in [-0.1, -0.05) is 29.3 Å². The first-order valence-electron chi connectivity index (χ1n) is 22.3. The van der Waals surface area contributed by atoms with E-state index in [-0.39, 0.29) is 115 Å². The van der Waals surface area contributed by atoms with Gasteiger partial charge in [0.1, 0.15) is 17.6 Å². The number of nitrogens with two attached hydrogens (primary N) is 1. The lowest BCUT2D eigenvalue weighted by molar-refractivity contribution is -0.140. The molecule has 70 heavy (non-hydrogen) atoms. The van der Waals surface area contributed by atoms with Crippen LogP contribution >= 0.6 is 23.2 Å². The highest BCUT2D eigenvalue weighted by atomic mass is 35.5. The van der Waals surface area contributed by atoms with Gasteiger partial charge in [0.15, 0.2) is 11.6 Å². The van der Waals surface area contributed by atoms with Gasteiger partial charge in [-0.15, -0.1) is 0 Å². The Bertz CT molecular complexity index is 2640. The van der Waals surface area contributed by atoms with Crippen molar-refractivity contribution in [3.8, 4) is 0 Å². The van der Waals surface area contributed by atoms with Gasteiger partial charge in [0.2, 0.25) is 23.9 Å². The van der Waals surface area contributed by atoms with Crippen LogP contribution in [-0.2, 0) is 38.1 Å². The molecule has 20 nitrogen and oxygen atoms in total. The fraction of sp³-hybridized carbons (Fsp3) is 0.383. The third-order valence-electron chi connectivity index (χ3n) is 11.7. The number of carbonyl (C=O) groups excluding carboxylic acids is 7. The van der Waals surface area contributed by atoms with Crippen molar-refractivity contribution in [2.45, 2.75) is 57.5 Å². The molecule has 4 heterocycles. The zero-order chi connectivity index (χ0) is 50.2. The molecule has 6 N–H and O–H groups in total. The third-order valence-corrected chi connectivity index (χ3v) is 12.4. The number of anilines is 2. The van der Waals surface area contributed by atoms with Gasteiger partial charge in [0.05, 0.1) is 72.8 Å². The first-order valence-corrected chi connectivity index (χ1v) is 23.1. The number of nitrogens with one attached hydrogen (secondary N) is 4. The van der Waals surface area contributed by atoms with E-state index in [1.807, 2.05) is 13.8 Å². The molecule has 2 saturated heterocycles. The van der Waals surface area contributed by atoms with Crippen molar-refractivity contribution in [2.24, 2.45) is 10.7 Å². The maximum atomic E-state index is 14.1. The molecule has 4 aliphatic rings. The second-order valence-electron chi connectivity index (χ2n) is 16.6. The number of nitrogens with zero attached hydrogens (tertiary/aromatic N) is 4. The minimum atomic E-state index is -1.18. The fourth-order valence-electron chi connectivity index (χ4n) is 8.40. The predicted octanol–water partition coefficient (Wildman–Crippen LogP) is 4.08. The van der Waals surface area contributed by atoms with E-state index in [0.29, 0.717) is 43.2 Å². The van der Waals surface area contributed by atoms with Crippen LogP contribution in [0.25, 0.3) is 0 Å². The number of hydrogen-bond donors (Lipinski definition) is 5. The largest absolute Gasteiger partial charge is 0.460 e. The smallest absolute Gasteiger partial charge is 0.273 e. The summed E-state index contributed by atoms with van der Waals surface area (Å²) in [5, 5.41) is 15.9. The number of amidine groups is 1. The normalized spacial score (nSPS) is 20.6. The molecule has 4 atom stereocenters. The number of rotatable bonds is 19. The Kier molecular flexibility index (Phi) is 16.6. The zero-order valence-corrected chi connectivity index (χ0v) is 39.6. The Morgan fingerprint density at radius 3 is 2.29 bits per heavy atom. The van der Waals surface area contributed by atoms with Crippen LogP contribution in [0.3, 0.4) is 0 Å². The quantitative estimate of drug-likeness (QED) is 0.0492. The second kappa shape index (κ2) is 22.8. The third kappa shape index (κ3) is 11.6. The fourth-order valence-corrected chi connectivity index (χ4v) is 8.96. The lowest BCUT2D eigenvalue weighted by atomic mass is 10.0. The summed E-state index contributed by atoms with van der Waals surface area (Å²) >= 11 is 12.2. The molecule has 0 aliphatic carbocycles. The number of amides is 7. The number of halogens is 3. The van der Waals surface area contributed by atoms with Gasteiger partial charge in [-0.05, 0) is 68.8 Å². The predicted molar refractivity (Wildman–Crippen MR) is 253 cm³/mol. The van der Waals surface area contributed by atoms with Crippen LogP contribution in [0.2, 0.25) is 10.0 Å². The number of piperazine rings is 1. The van der Waals surface area contributed by atoms with Crippen molar-refractivity contribution >= 4 is 87.5 Å². The maximum absolute atomic E-state index is 14.1. The lowest BCUT2D eigenvalue weighted by Crippen LogP contribution is -2.59. The van der Waals surface area contributed by atoms with E-state index < -0.39 is 53.3 Å². The van der Waals surface area contributed by atoms with E-state index in [9.17, 15) is 38.0 Å². The Morgan fingerprint density at radius 1 is 0.929 bits per heavy atom. The first kappa shape index (κ1) is 51.1. The molecule has 0 aromatic heterocycles. The highest BCUT2D eigenvalue weighted by molar-refractivity contribution is 6.46. The minimum absolute atomic E-state index is 0.0348. The molecular formula is C47H50Cl2FN9O11. The zero-order valence-electron chi connectivity index (χ0n) is 38.1. The van der Waals surface area contributed by atoms with Crippen molar-refractivity contribution in [3.63, 3.8) is 0 Å². The molecule has 3 aromatic rings. The monoisotopic (exact) mass is 1010 g/mol. The summed E-state index contributed by atoms with van der Waals surface area (Å²) in [6.07, 6.45) is 0.135. The van der Waals surface area contributed by atoms with Crippen molar-refractivity contribution in [1.82, 2.24) is 20.0 Å². The number of benzene rings is 3. The van der Waals surface area contributed by atoms with E-state index in [1.54, 1.807) is 34.1 Å². The molecule has 0 spiro atoms.